The number of hydrogen-bond donors (Lipinski definition) is 1. The van der Waals surface area contributed by atoms with Gasteiger partial charge in [0.15, 0.2) is 0 Å². The fourth-order valence-electron chi connectivity index (χ4n) is 1.37. The molecule has 1 aromatic carbocycles. The lowest BCUT2D eigenvalue weighted by Gasteiger charge is -2.02. The van der Waals surface area contributed by atoms with Gasteiger partial charge >= 0.3 is 0 Å². The van der Waals surface area contributed by atoms with Gasteiger partial charge in [0, 0.05) is 12.6 Å². The van der Waals surface area contributed by atoms with E-state index >= 15 is 0 Å². The number of nitrogens with zero attached hydrogens (tertiary/aromatic N) is 1. The molecule has 0 bridgehead atoms. The SMILES string of the molecule is Cc1ccc(CNCc2ccno2)cc1. The third kappa shape index (κ3) is 2.92. The predicted octanol–water partition coefficient (Wildman–Crippen LogP) is 2.27. The van der Waals surface area contributed by atoms with E-state index in [0.717, 1.165) is 12.3 Å². The highest BCUT2D eigenvalue weighted by Crippen LogP contribution is 2.03. The maximum absolute atomic E-state index is 4.98. The van der Waals surface area contributed by atoms with Crippen molar-refractivity contribution in [2.45, 2.75) is 20.0 Å². The molecule has 3 heteroatoms. The number of aryl methyl sites for hydroxylation is 1. The number of nitrogens with one attached hydrogen (secondary N) is 1. The Morgan fingerprint density at radius 3 is 2.60 bits per heavy atom. The van der Waals surface area contributed by atoms with Crippen molar-refractivity contribution in [3.63, 3.8) is 0 Å². The Kier molecular flexibility index (Phi) is 3.15. The van der Waals surface area contributed by atoms with Gasteiger partial charge in [-0.15, -0.1) is 0 Å². The Bertz CT molecular complexity index is 392. The smallest absolute Gasteiger partial charge is 0.150 e. The quantitative estimate of drug-likeness (QED) is 0.826. The molecule has 0 aliphatic rings. The second-order valence-electron chi connectivity index (χ2n) is 3.57. The Morgan fingerprint density at radius 1 is 1.13 bits per heavy atom. The molecule has 2 aromatic rings. The van der Waals surface area contributed by atoms with Crippen LogP contribution in [0.25, 0.3) is 0 Å². The van der Waals surface area contributed by atoms with Gasteiger partial charge in [0.05, 0.1) is 12.7 Å². The van der Waals surface area contributed by atoms with Gasteiger partial charge in [-0.2, -0.15) is 0 Å². The summed E-state index contributed by atoms with van der Waals surface area (Å²) in [5.74, 6) is 0.863. The Morgan fingerprint density at radius 2 is 1.93 bits per heavy atom. The van der Waals surface area contributed by atoms with Crippen molar-refractivity contribution in [1.29, 1.82) is 0 Å². The predicted molar refractivity (Wildman–Crippen MR) is 58.2 cm³/mol. The molecule has 1 aromatic heterocycles. The zero-order valence-corrected chi connectivity index (χ0v) is 8.73. The van der Waals surface area contributed by atoms with Crippen LogP contribution in [0.2, 0.25) is 0 Å². The lowest BCUT2D eigenvalue weighted by molar-refractivity contribution is 0.373. The fourth-order valence-corrected chi connectivity index (χ4v) is 1.37. The van der Waals surface area contributed by atoms with Crippen molar-refractivity contribution in [3.8, 4) is 0 Å². The van der Waals surface area contributed by atoms with Crippen molar-refractivity contribution in [1.82, 2.24) is 10.5 Å². The summed E-state index contributed by atoms with van der Waals surface area (Å²) in [6.45, 7) is 3.65. The normalized spacial score (nSPS) is 10.5. The minimum absolute atomic E-state index is 0.716. The first-order chi connectivity index (χ1) is 7.34. The molecule has 0 aliphatic heterocycles. The standard InChI is InChI=1S/C12H14N2O/c1-10-2-4-11(5-3-10)8-13-9-12-6-7-14-15-12/h2-7,13H,8-9H2,1H3. The van der Waals surface area contributed by atoms with Crippen LogP contribution in [-0.4, -0.2) is 5.16 Å². The zero-order chi connectivity index (χ0) is 10.5. The Hall–Kier alpha value is -1.61. The van der Waals surface area contributed by atoms with Crippen LogP contribution in [0, 0.1) is 6.92 Å². The molecular weight excluding hydrogens is 188 g/mol. The van der Waals surface area contributed by atoms with Crippen molar-refractivity contribution < 1.29 is 4.52 Å². The lowest BCUT2D eigenvalue weighted by atomic mass is 10.1. The molecule has 2 rings (SSSR count). The third-order valence-corrected chi connectivity index (χ3v) is 2.24. The van der Waals surface area contributed by atoms with Gasteiger partial charge in [0.25, 0.3) is 0 Å². The summed E-state index contributed by atoms with van der Waals surface area (Å²) >= 11 is 0. The van der Waals surface area contributed by atoms with E-state index in [1.165, 1.54) is 11.1 Å². The molecule has 15 heavy (non-hydrogen) atoms. The molecule has 0 aliphatic carbocycles. The average molecular weight is 202 g/mol. The average Bonchev–Trinajstić information content (AvgIpc) is 2.74. The van der Waals surface area contributed by atoms with E-state index in [4.69, 9.17) is 4.52 Å². The molecule has 0 fully saturated rings. The van der Waals surface area contributed by atoms with E-state index in [2.05, 4.69) is 41.7 Å². The first-order valence-corrected chi connectivity index (χ1v) is 5.00. The third-order valence-electron chi connectivity index (χ3n) is 2.24. The van der Waals surface area contributed by atoms with Gasteiger partial charge in [0.1, 0.15) is 5.76 Å². The highest BCUT2D eigenvalue weighted by Gasteiger charge is 1.96. The largest absolute Gasteiger partial charge is 0.360 e. The highest BCUT2D eigenvalue weighted by molar-refractivity contribution is 5.21. The van der Waals surface area contributed by atoms with E-state index in [1.54, 1.807) is 6.20 Å². The monoisotopic (exact) mass is 202 g/mol. The summed E-state index contributed by atoms with van der Waals surface area (Å²) in [7, 11) is 0. The lowest BCUT2D eigenvalue weighted by Crippen LogP contribution is -2.11. The molecule has 0 saturated heterocycles. The molecule has 0 atom stereocenters. The molecule has 1 heterocycles. The molecule has 0 radical (unpaired) electrons. The van der Waals surface area contributed by atoms with Crippen molar-refractivity contribution in [2.24, 2.45) is 0 Å². The molecule has 0 unspecified atom stereocenters. The number of aromatic nitrogens is 1. The molecule has 0 spiro atoms. The van der Waals surface area contributed by atoms with E-state index in [1.807, 2.05) is 6.07 Å². The minimum Gasteiger partial charge on any atom is -0.360 e. The van der Waals surface area contributed by atoms with Gasteiger partial charge < -0.3 is 9.84 Å². The van der Waals surface area contributed by atoms with Gasteiger partial charge in [-0.05, 0) is 12.5 Å². The Balaban J connectivity index is 1.81. The maximum Gasteiger partial charge on any atom is 0.150 e. The van der Waals surface area contributed by atoms with Crippen LogP contribution in [0.5, 0.6) is 0 Å². The summed E-state index contributed by atoms with van der Waals surface area (Å²) in [6.07, 6.45) is 1.66. The van der Waals surface area contributed by atoms with Crippen LogP contribution >= 0.6 is 0 Å². The second-order valence-corrected chi connectivity index (χ2v) is 3.57. The number of benzene rings is 1. The summed E-state index contributed by atoms with van der Waals surface area (Å²) < 4.78 is 4.98. The first kappa shape index (κ1) is 9.93. The molecule has 3 nitrogen and oxygen atoms in total. The summed E-state index contributed by atoms with van der Waals surface area (Å²) in [4.78, 5) is 0. The van der Waals surface area contributed by atoms with Gasteiger partial charge in [-0.1, -0.05) is 35.0 Å². The van der Waals surface area contributed by atoms with Gasteiger partial charge in [-0.3, -0.25) is 0 Å². The van der Waals surface area contributed by atoms with Crippen molar-refractivity contribution in [2.75, 3.05) is 0 Å². The van der Waals surface area contributed by atoms with Crippen LogP contribution in [-0.2, 0) is 13.1 Å². The second kappa shape index (κ2) is 4.75. The van der Waals surface area contributed by atoms with E-state index in [-0.39, 0.29) is 0 Å². The van der Waals surface area contributed by atoms with Gasteiger partial charge in [-0.25, -0.2) is 0 Å². The van der Waals surface area contributed by atoms with Crippen molar-refractivity contribution in [3.05, 3.63) is 53.4 Å². The van der Waals surface area contributed by atoms with Crippen LogP contribution in [0.1, 0.15) is 16.9 Å². The van der Waals surface area contributed by atoms with E-state index < -0.39 is 0 Å². The van der Waals surface area contributed by atoms with Crippen molar-refractivity contribution >= 4 is 0 Å². The van der Waals surface area contributed by atoms with Crippen LogP contribution in [0.4, 0.5) is 0 Å². The van der Waals surface area contributed by atoms with E-state index in [0.29, 0.717) is 6.54 Å². The summed E-state index contributed by atoms with van der Waals surface area (Å²) in [6, 6.07) is 10.4. The molecule has 0 saturated carbocycles. The topological polar surface area (TPSA) is 38.1 Å². The molecule has 0 amide bonds. The minimum atomic E-state index is 0.716. The van der Waals surface area contributed by atoms with Crippen LogP contribution in [0.15, 0.2) is 41.1 Å². The fraction of sp³-hybridized carbons (Fsp3) is 0.250. The first-order valence-electron chi connectivity index (χ1n) is 5.00. The zero-order valence-electron chi connectivity index (χ0n) is 8.73. The maximum atomic E-state index is 4.98. The van der Waals surface area contributed by atoms with Crippen LogP contribution < -0.4 is 5.32 Å². The summed E-state index contributed by atoms with van der Waals surface area (Å²) in [5, 5.41) is 6.93. The van der Waals surface area contributed by atoms with E-state index in [9.17, 15) is 0 Å². The molecule has 78 valence electrons. The Labute approximate surface area is 89.1 Å². The summed E-state index contributed by atoms with van der Waals surface area (Å²) in [5.41, 5.74) is 2.56. The number of hydrogen-bond acceptors (Lipinski definition) is 3. The molecule has 1 N–H and O–H groups in total. The van der Waals surface area contributed by atoms with Gasteiger partial charge in [0.2, 0.25) is 0 Å². The van der Waals surface area contributed by atoms with Crippen LogP contribution in [0.3, 0.4) is 0 Å². The number of rotatable bonds is 4. The molecular formula is C12H14N2O. The highest BCUT2D eigenvalue weighted by atomic mass is 16.5.